The fourth-order valence-electron chi connectivity index (χ4n) is 2.97. The van der Waals surface area contributed by atoms with Crippen LogP contribution in [-0.4, -0.2) is 28.0 Å². The van der Waals surface area contributed by atoms with Crippen molar-refractivity contribution in [3.63, 3.8) is 0 Å². The molecule has 0 fully saturated rings. The van der Waals surface area contributed by atoms with E-state index in [9.17, 15) is 13.2 Å². The lowest BCUT2D eigenvalue weighted by Gasteiger charge is -2.13. The van der Waals surface area contributed by atoms with Gasteiger partial charge in [-0.15, -0.1) is 0 Å². The van der Waals surface area contributed by atoms with E-state index in [0.29, 0.717) is 23.8 Å². The van der Waals surface area contributed by atoms with Crippen molar-refractivity contribution < 1.29 is 22.7 Å². The number of ether oxygens (including phenoxy) is 2. The summed E-state index contributed by atoms with van der Waals surface area (Å²) in [5, 5.41) is 2.77. The number of carbonyl (C=O) groups is 1. The molecule has 0 atom stereocenters. The van der Waals surface area contributed by atoms with Crippen LogP contribution in [0.4, 0.5) is 5.69 Å². The Bertz CT molecular complexity index is 1200. The van der Waals surface area contributed by atoms with Gasteiger partial charge in [0.15, 0.2) is 0 Å². The second-order valence-corrected chi connectivity index (χ2v) is 8.76. The minimum atomic E-state index is -4.03. The van der Waals surface area contributed by atoms with Gasteiger partial charge in [-0.2, -0.15) is 0 Å². The Morgan fingerprint density at radius 1 is 1.03 bits per heavy atom. The van der Waals surface area contributed by atoms with Gasteiger partial charge < -0.3 is 14.8 Å². The van der Waals surface area contributed by atoms with Crippen LogP contribution in [0.1, 0.15) is 22.8 Å². The van der Waals surface area contributed by atoms with E-state index < -0.39 is 15.9 Å². The lowest BCUT2D eigenvalue weighted by atomic mass is 10.1. The lowest BCUT2D eigenvalue weighted by Crippen LogP contribution is -2.23. The number of halogens is 1. The standard InChI is InChI=1S/C23H23ClN2O5S/c1-3-31-19-11-9-18(10-12-19)26-32(28,29)22-14-16(8-13-20(22)24)23(27)25-15-17-6-4-5-7-21(17)30-2/h4-14,26H,3,15H2,1-2H3,(H,25,27). The molecule has 0 aliphatic carbocycles. The summed E-state index contributed by atoms with van der Waals surface area (Å²) in [6.45, 7) is 2.59. The minimum Gasteiger partial charge on any atom is -0.496 e. The smallest absolute Gasteiger partial charge is 0.263 e. The molecule has 3 aromatic rings. The van der Waals surface area contributed by atoms with Crippen molar-refractivity contribution in [2.24, 2.45) is 0 Å². The van der Waals surface area contributed by atoms with Crippen molar-refractivity contribution in [1.29, 1.82) is 0 Å². The fourth-order valence-corrected chi connectivity index (χ4v) is 4.56. The number of amides is 1. The van der Waals surface area contributed by atoms with Crippen LogP contribution in [0.2, 0.25) is 5.02 Å². The minimum absolute atomic E-state index is 0.00437. The number of hydrogen-bond acceptors (Lipinski definition) is 5. The second-order valence-electron chi connectivity index (χ2n) is 6.70. The molecule has 2 N–H and O–H groups in total. The molecule has 0 aliphatic heterocycles. The average molecular weight is 475 g/mol. The van der Waals surface area contributed by atoms with Crippen LogP contribution in [-0.2, 0) is 16.6 Å². The molecule has 7 nitrogen and oxygen atoms in total. The number of hydrogen-bond donors (Lipinski definition) is 2. The predicted octanol–water partition coefficient (Wildman–Crippen LogP) is 4.48. The number of sulfonamides is 1. The van der Waals surface area contributed by atoms with Gasteiger partial charge in [0.2, 0.25) is 0 Å². The maximum atomic E-state index is 12.9. The van der Waals surface area contributed by atoms with Crippen molar-refractivity contribution in [3.05, 3.63) is 82.9 Å². The number of para-hydroxylation sites is 1. The van der Waals surface area contributed by atoms with Crippen LogP contribution < -0.4 is 19.5 Å². The van der Waals surface area contributed by atoms with Gasteiger partial charge in [0, 0.05) is 23.4 Å². The van der Waals surface area contributed by atoms with E-state index in [0.717, 1.165) is 5.56 Å². The van der Waals surface area contributed by atoms with Crippen LogP contribution in [0, 0.1) is 0 Å². The highest BCUT2D eigenvalue weighted by Gasteiger charge is 2.20. The first-order valence-corrected chi connectivity index (χ1v) is 11.7. The third kappa shape index (κ3) is 5.72. The monoisotopic (exact) mass is 474 g/mol. The van der Waals surface area contributed by atoms with E-state index in [1.165, 1.54) is 18.2 Å². The van der Waals surface area contributed by atoms with Crippen molar-refractivity contribution in [2.45, 2.75) is 18.4 Å². The first-order chi connectivity index (χ1) is 15.3. The molecule has 0 heterocycles. The number of carbonyl (C=O) groups excluding carboxylic acids is 1. The largest absolute Gasteiger partial charge is 0.496 e. The topological polar surface area (TPSA) is 93.7 Å². The Kier molecular flexibility index (Phi) is 7.61. The molecule has 9 heteroatoms. The van der Waals surface area contributed by atoms with Gasteiger partial charge >= 0.3 is 0 Å². The number of methoxy groups -OCH3 is 1. The average Bonchev–Trinajstić information content (AvgIpc) is 2.79. The van der Waals surface area contributed by atoms with Crippen molar-refractivity contribution in [3.8, 4) is 11.5 Å². The third-order valence-corrected chi connectivity index (χ3v) is 6.40. The molecule has 0 saturated carbocycles. The summed E-state index contributed by atoms with van der Waals surface area (Å²) in [7, 11) is -2.48. The van der Waals surface area contributed by atoms with E-state index >= 15 is 0 Å². The summed E-state index contributed by atoms with van der Waals surface area (Å²) in [6.07, 6.45) is 0. The molecule has 0 aliphatic rings. The summed E-state index contributed by atoms with van der Waals surface area (Å²) in [6, 6.07) is 17.9. The molecule has 0 radical (unpaired) electrons. The molecule has 0 saturated heterocycles. The molecule has 3 aromatic carbocycles. The Morgan fingerprint density at radius 2 is 1.75 bits per heavy atom. The van der Waals surface area contributed by atoms with E-state index in [1.54, 1.807) is 37.4 Å². The number of rotatable bonds is 9. The zero-order chi connectivity index (χ0) is 23.1. The van der Waals surface area contributed by atoms with Gasteiger partial charge in [0.05, 0.1) is 18.7 Å². The zero-order valence-corrected chi connectivity index (χ0v) is 19.2. The fraction of sp³-hybridized carbons (Fsp3) is 0.174. The van der Waals surface area contributed by atoms with Crippen LogP contribution in [0.3, 0.4) is 0 Å². The number of anilines is 1. The van der Waals surface area contributed by atoms with Crippen molar-refractivity contribution in [1.82, 2.24) is 5.32 Å². The maximum Gasteiger partial charge on any atom is 0.263 e. The number of nitrogens with one attached hydrogen (secondary N) is 2. The Morgan fingerprint density at radius 3 is 2.44 bits per heavy atom. The first kappa shape index (κ1) is 23.4. The summed E-state index contributed by atoms with van der Waals surface area (Å²) in [5.41, 5.74) is 1.30. The highest BCUT2D eigenvalue weighted by molar-refractivity contribution is 7.92. The van der Waals surface area contributed by atoms with E-state index in [4.69, 9.17) is 21.1 Å². The summed E-state index contributed by atoms with van der Waals surface area (Å²) < 4.78 is 38.9. The van der Waals surface area contributed by atoms with Gasteiger partial charge in [-0.05, 0) is 55.5 Å². The SMILES string of the molecule is CCOc1ccc(NS(=O)(=O)c2cc(C(=O)NCc3ccccc3OC)ccc2Cl)cc1. The third-order valence-electron chi connectivity index (χ3n) is 4.53. The van der Waals surface area contributed by atoms with Crippen molar-refractivity contribution >= 4 is 33.2 Å². The summed E-state index contributed by atoms with van der Waals surface area (Å²) in [4.78, 5) is 12.4. The molecular formula is C23H23ClN2O5S. The van der Waals surface area contributed by atoms with Crippen LogP contribution >= 0.6 is 11.6 Å². The molecule has 0 bridgehead atoms. The van der Waals surface area contributed by atoms with Gasteiger partial charge in [-0.25, -0.2) is 8.42 Å². The van der Waals surface area contributed by atoms with Crippen molar-refractivity contribution in [2.75, 3.05) is 18.4 Å². The Hall–Kier alpha value is -3.23. The Labute approximate surface area is 192 Å². The number of benzene rings is 3. The molecule has 3 rings (SSSR count). The molecule has 0 spiro atoms. The van der Waals surface area contributed by atoms with Gasteiger partial charge in [0.25, 0.3) is 15.9 Å². The molecule has 0 unspecified atom stereocenters. The zero-order valence-electron chi connectivity index (χ0n) is 17.6. The molecule has 0 aromatic heterocycles. The molecule has 1 amide bonds. The summed E-state index contributed by atoms with van der Waals surface area (Å²) in [5.74, 6) is 0.832. The van der Waals surface area contributed by atoms with E-state index in [1.807, 2.05) is 25.1 Å². The normalized spacial score (nSPS) is 11.0. The summed E-state index contributed by atoms with van der Waals surface area (Å²) >= 11 is 6.14. The lowest BCUT2D eigenvalue weighted by molar-refractivity contribution is 0.0950. The van der Waals surface area contributed by atoms with Gasteiger partial charge in [-0.1, -0.05) is 29.8 Å². The molecule has 168 valence electrons. The highest BCUT2D eigenvalue weighted by Crippen LogP contribution is 2.26. The van der Waals surface area contributed by atoms with Crippen LogP contribution in [0.15, 0.2) is 71.6 Å². The van der Waals surface area contributed by atoms with Gasteiger partial charge in [-0.3, -0.25) is 9.52 Å². The first-order valence-electron chi connectivity index (χ1n) is 9.79. The van der Waals surface area contributed by atoms with E-state index in [-0.39, 0.29) is 22.0 Å². The predicted molar refractivity (Wildman–Crippen MR) is 124 cm³/mol. The van der Waals surface area contributed by atoms with E-state index in [2.05, 4.69) is 10.0 Å². The molecule has 32 heavy (non-hydrogen) atoms. The quantitative estimate of drug-likeness (QED) is 0.477. The Balaban J connectivity index is 1.77. The molecular weight excluding hydrogens is 452 g/mol. The highest BCUT2D eigenvalue weighted by atomic mass is 35.5. The second kappa shape index (κ2) is 10.4. The van der Waals surface area contributed by atoms with Crippen LogP contribution in [0.5, 0.6) is 11.5 Å². The van der Waals surface area contributed by atoms with Crippen LogP contribution in [0.25, 0.3) is 0 Å². The maximum absolute atomic E-state index is 12.9. The van der Waals surface area contributed by atoms with Gasteiger partial charge in [0.1, 0.15) is 16.4 Å².